The molecular formula is C19H10ClN3O5. The molecule has 2 aromatic carbocycles. The lowest BCUT2D eigenvalue weighted by molar-refractivity contribution is -0.385. The van der Waals surface area contributed by atoms with E-state index in [1.807, 2.05) is 6.07 Å². The quantitative estimate of drug-likeness (QED) is 0.320. The van der Waals surface area contributed by atoms with Crippen LogP contribution >= 0.6 is 11.6 Å². The molecule has 0 spiro atoms. The van der Waals surface area contributed by atoms with Crippen molar-refractivity contribution in [2.45, 2.75) is 0 Å². The number of furan rings is 1. The van der Waals surface area contributed by atoms with Gasteiger partial charge >= 0.3 is 0 Å². The highest BCUT2D eigenvalue weighted by Crippen LogP contribution is 2.33. The van der Waals surface area contributed by atoms with Gasteiger partial charge in [-0.3, -0.25) is 20.2 Å². The van der Waals surface area contributed by atoms with Crippen LogP contribution in [0.15, 0.2) is 59.0 Å². The van der Waals surface area contributed by atoms with Gasteiger partial charge in [-0.1, -0.05) is 23.7 Å². The van der Waals surface area contributed by atoms with E-state index >= 15 is 0 Å². The van der Waals surface area contributed by atoms with Gasteiger partial charge in [0.2, 0.25) is 0 Å². The molecule has 28 heavy (non-hydrogen) atoms. The second-order valence-corrected chi connectivity index (χ2v) is 6.01. The van der Waals surface area contributed by atoms with E-state index in [2.05, 4.69) is 0 Å². The van der Waals surface area contributed by atoms with Crippen molar-refractivity contribution in [2.24, 2.45) is 0 Å². The highest BCUT2D eigenvalue weighted by Gasteiger charge is 2.15. The highest BCUT2D eigenvalue weighted by molar-refractivity contribution is 6.33. The number of rotatable bonds is 5. The first kappa shape index (κ1) is 18.8. The predicted molar refractivity (Wildman–Crippen MR) is 102 cm³/mol. The number of hydrogen-bond donors (Lipinski definition) is 0. The lowest BCUT2D eigenvalue weighted by Gasteiger charge is -2.01. The second kappa shape index (κ2) is 7.73. The summed E-state index contributed by atoms with van der Waals surface area (Å²) in [7, 11) is 0. The van der Waals surface area contributed by atoms with Crippen LogP contribution in [-0.4, -0.2) is 9.85 Å². The molecule has 9 heteroatoms. The van der Waals surface area contributed by atoms with Crippen molar-refractivity contribution < 1.29 is 14.3 Å². The summed E-state index contributed by atoms with van der Waals surface area (Å²) < 4.78 is 5.65. The summed E-state index contributed by atoms with van der Waals surface area (Å²) in [6.45, 7) is 0. The smallest absolute Gasteiger partial charge is 0.270 e. The summed E-state index contributed by atoms with van der Waals surface area (Å²) in [6, 6.07) is 14.8. The van der Waals surface area contributed by atoms with Crippen molar-refractivity contribution >= 4 is 34.6 Å². The Bertz CT molecular complexity index is 1160. The van der Waals surface area contributed by atoms with Crippen molar-refractivity contribution in [3.63, 3.8) is 0 Å². The van der Waals surface area contributed by atoms with Crippen molar-refractivity contribution in [1.82, 2.24) is 0 Å². The predicted octanol–water partition coefficient (Wildman–Crippen LogP) is 5.48. The lowest BCUT2D eigenvalue weighted by Crippen LogP contribution is -1.89. The molecule has 0 amide bonds. The molecule has 1 heterocycles. The Kier molecular flexibility index (Phi) is 5.20. The topological polar surface area (TPSA) is 123 Å². The number of halogens is 1. The van der Waals surface area contributed by atoms with Crippen LogP contribution in [0.25, 0.3) is 23.0 Å². The van der Waals surface area contributed by atoms with Crippen LogP contribution in [-0.2, 0) is 0 Å². The largest absolute Gasteiger partial charge is 0.457 e. The highest BCUT2D eigenvalue weighted by atomic mass is 35.5. The number of hydrogen-bond acceptors (Lipinski definition) is 6. The minimum absolute atomic E-state index is 0.137. The molecule has 0 N–H and O–H groups in total. The maximum absolute atomic E-state index is 11.0. The Morgan fingerprint density at radius 1 is 1.04 bits per heavy atom. The summed E-state index contributed by atoms with van der Waals surface area (Å²) in [6.07, 6.45) is 1.42. The Hall–Kier alpha value is -3.96. The molecule has 0 aliphatic rings. The molecule has 0 aliphatic heterocycles. The molecule has 0 aliphatic carbocycles. The number of nitriles is 1. The first-order valence-corrected chi connectivity index (χ1v) is 8.17. The molecule has 3 rings (SSSR count). The van der Waals surface area contributed by atoms with Crippen LogP contribution in [0.3, 0.4) is 0 Å². The zero-order chi connectivity index (χ0) is 20.3. The number of benzene rings is 2. The van der Waals surface area contributed by atoms with E-state index in [0.29, 0.717) is 16.9 Å². The summed E-state index contributed by atoms with van der Waals surface area (Å²) in [5.41, 5.74) is 0.589. The van der Waals surface area contributed by atoms with E-state index in [0.717, 1.165) is 0 Å². The Morgan fingerprint density at radius 3 is 2.43 bits per heavy atom. The van der Waals surface area contributed by atoms with E-state index in [1.165, 1.54) is 42.5 Å². The maximum atomic E-state index is 11.0. The minimum Gasteiger partial charge on any atom is -0.457 e. The average molecular weight is 396 g/mol. The van der Waals surface area contributed by atoms with Crippen molar-refractivity contribution in [1.29, 1.82) is 5.26 Å². The van der Waals surface area contributed by atoms with Crippen LogP contribution < -0.4 is 0 Å². The second-order valence-electron chi connectivity index (χ2n) is 5.60. The van der Waals surface area contributed by atoms with Gasteiger partial charge in [0.1, 0.15) is 11.5 Å². The summed E-state index contributed by atoms with van der Waals surface area (Å²) >= 11 is 6.11. The fourth-order valence-electron chi connectivity index (χ4n) is 2.50. The van der Waals surface area contributed by atoms with Gasteiger partial charge in [-0.15, -0.1) is 0 Å². The van der Waals surface area contributed by atoms with E-state index in [4.69, 9.17) is 16.0 Å². The first-order valence-electron chi connectivity index (χ1n) is 7.80. The maximum Gasteiger partial charge on any atom is 0.270 e. The van der Waals surface area contributed by atoms with E-state index in [-0.39, 0.29) is 27.7 Å². The zero-order valence-electron chi connectivity index (χ0n) is 14.0. The normalized spacial score (nSPS) is 11.1. The summed E-state index contributed by atoms with van der Waals surface area (Å²) in [5, 5.41) is 31.6. The van der Waals surface area contributed by atoms with E-state index < -0.39 is 9.85 Å². The number of nitrogens with zero attached hydrogens (tertiary/aromatic N) is 3. The van der Waals surface area contributed by atoms with Crippen LogP contribution in [0.2, 0.25) is 5.02 Å². The third-order valence-electron chi connectivity index (χ3n) is 3.83. The SMILES string of the molecule is N#C/C(=C/c1ccc(-c2cc([N+](=O)[O-])ccc2Cl)o1)c1cccc([N+](=O)[O-])c1. The van der Waals surface area contributed by atoms with Crippen molar-refractivity contribution in [3.05, 3.63) is 91.2 Å². The third-order valence-corrected chi connectivity index (χ3v) is 4.16. The molecule has 0 saturated heterocycles. The molecule has 0 radical (unpaired) electrons. The monoisotopic (exact) mass is 395 g/mol. The van der Waals surface area contributed by atoms with Gasteiger partial charge in [0.15, 0.2) is 0 Å². The Morgan fingerprint density at radius 2 is 1.75 bits per heavy atom. The molecular weight excluding hydrogens is 386 g/mol. The first-order chi connectivity index (χ1) is 13.4. The number of allylic oxidation sites excluding steroid dienone is 1. The zero-order valence-corrected chi connectivity index (χ0v) is 14.8. The number of nitro groups is 2. The van der Waals surface area contributed by atoms with Gasteiger partial charge in [0, 0.05) is 29.8 Å². The molecule has 0 bridgehead atoms. The van der Waals surface area contributed by atoms with Crippen LogP contribution in [0, 0.1) is 31.6 Å². The molecule has 3 aromatic rings. The Balaban J connectivity index is 1.99. The fraction of sp³-hybridized carbons (Fsp3) is 0. The van der Waals surface area contributed by atoms with Crippen molar-refractivity contribution in [3.8, 4) is 17.4 Å². The average Bonchev–Trinajstić information content (AvgIpc) is 3.14. The van der Waals surface area contributed by atoms with Crippen LogP contribution in [0.1, 0.15) is 11.3 Å². The fourth-order valence-corrected chi connectivity index (χ4v) is 2.71. The molecule has 1 aromatic heterocycles. The molecule has 0 atom stereocenters. The van der Waals surface area contributed by atoms with Gasteiger partial charge in [-0.2, -0.15) is 5.26 Å². The molecule has 8 nitrogen and oxygen atoms in total. The van der Waals surface area contributed by atoms with Crippen molar-refractivity contribution in [2.75, 3.05) is 0 Å². The molecule has 0 saturated carbocycles. The molecule has 138 valence electrons. The standard InChI is InChI=1S/C19H10ClN3O5/c20-18-6-4-15(23(26)27)10-17(18)19-7-5-16(28-19)9-13(11-21)12-2-1-3-14(8-12)22(24)25/h1-10H/b13-9-. The van der Waals surface area contributed by atoms with Crippen LogP contribution in [0.4, 0.5) is 11.4 Å². The van der Waals surface area contributed by atoms with Gasteiger partial charge in [0.25, 0.3) is 11.4 Å². The molecule has 0 fully saturated rings. The van der Waals surface area contributed by atoms with Crippen LogP contribution in [0.5, 0.6) is 0 Å². The Labute approximate surface area is 163 Å². The molecule has 0 unspecified atom stereocenters. The summed E-state index contributed by atoms with van der Waals surface area (Å²) in [5.74, 6) is 0.580. The third kappa shape index (κ3) is 3.90. The minimum atomic E-state index is -0.548. The lowest BCUT2D eigenvalue weighted by atomic mass is 10.1. The van der Waals surface area contributed by atoms with Gasteiger partial charge < -0.3 is 4.42 Å². The number of non-ortho nitro benzene ring substituents is 2. The summed E-state index contributed by atoms with van der Waals surface area (Å²) in [4.78, 5) is 20.8. The van der Waals surface area contributed by atoms with E-state index in [9.17, 15) is 25.5 Å². The number of nitro benzene ring substituents is 2. The van der Waals surface area contributed by atoms with Gasteiger partial charge in [-0.05, 0) is 29.8 Å². The van der Waals surface area contributed by atoms with E-state index in [1.54, 1.807) is 18.2 Å². The van der Waals surface area contributed by atoms with Gasteiger partial charge in [0.05, 0.1) is 26.5 Å². The van der Waals surface area contributed by atoms with Gasteiger partial charge in [-0.25, -0.2) is 0 Å².